The second-order valence-corrected chi connectivity index (χ2v) is 10.6. The SMILES string of the molecule is O=C(CN1C(=O)NC2(CCc3ccc(Br)cc3C2)C1=O)N(CCC1CC1)Cc1ccc(F)cc1. The molecule has 34 heavy (non-hydrogen) atoms. The van der Waals surface area contributed by atoms with Gasteiger partial charge in [0.25, 0.3) is 5.91 Å². The summed E-state index contributed by atoms with van der Waals surface area (Å²) in [7, 11) is 0. The van der Waals surface area contributed by atoms with Gasteiger partial charge in [0.1, 0.15) is 17.9 Å². The summed E-state index contributed by atoms with van der Waals surface area (Å²) in [5, 5.41) is 2.90. The van der Waals surface area contributed by atoms with E-state index in [1.54, 1.807) is 17.0 Å². The Kier molecular flexibility index (Phi) is 6.18. The standard InChI is InChI=1S/C26H27BrFN3O3/c27-21-6-5-19-9-11-26(14-20(19)13-21)24(33)31(25(34)29-26)16-23(32)30(12-10-17-1-2-17)15-18-3-7-22(28)8-4-18/h3-8,13,17H,1-2,9-12,14-16H2,(H,29,34). The van der Waals surface area contributed by atoms with Crippen molar-refractivity contribution in [3.8, 4) is 0 Å². The molecule has 2 aromatic rings. The van der Waals surface area contributed by atoms with E-state index >= 15 is 0 Å². The van der Waals surface area contributed by atoms with Crippen molar-refractivity contribution in [2.24, 2.45) is 5.92 Å². The van der Waals surface area contributed by atoms with E-state index in [9.17, 15) is 18.8 Å². The van der Waals surface area contributed by atoms with Gasteiger partial charge in [-0.05, 0) is 66.1 Å². The molecule has 8 heteroatoms. The molecule has 1 saturated heterocycles. The smallest absolute Gasteiger partial charge is 0.325 e. The van der Waals surface area contributed by atoms with Crippen molar-refractivity contribution in [2.75, 3.05) is 13.1 Å². The molecule has 6 nitrogen and oxygen atoms in total. The fourth-order valence-corrected chi connectivity index (χ4v) is 5.36. The summed E-state index contributed by atoms with van der Waals surface area (Å²) in [6.07, 6.45) is 4.85. The van der Waals surface area contributed by atoms with E-state index in [1.807, 2.05) is 18.2 Å². The number of nitrogens with one attached hydrogen (secondary N) is 1. The molecule has 1 unspecified atom stereocenters. The van der Waals surface area contributed by atoms with Gasteiger partial charge in [-0.15, -0.1) is 0 Å². The second kappa shape index (κ2) is 9.13. The van der Waals surface area contributed by atoms with E-state index in [1.165, 1.54) is 30.5 Å². The van der Waals surface area contributed by atoms with Crippen molar-refractivity contribution in [1.29, 1.82) is 0 Å². The van der Waals surface area contributed by atoms with Crippen LogP contribution in [0.1, 0.15) is 42.4 Å². The van der Waals surface area contributed by atoms with Crippen molar-refractivity contribution in [1.82, 2.24) is 15.1 Å². The number of rotatable bonds is 7. The van der Waals surface area contributed by atoms with Gasteiger partial charge in [-0.2, -0.15) is 0 Å². The van der Waals surface area contributed by atoms with Gasteiger partial charge in [-0.1, -0.05) is 47.0 Å². The third-order valence-corrected chi connectivity index (χ3v) is 7.66. The summed E-state index contributed by atoms with van der Waals surface area (Å²) in [6, 6.07) is 11.6. The van der Waals surface area contributed by atoms with Gasteiger partial charge in [-0.25, -0.2) is 9.18 Å². The molecule has 2 fully saturated rings. The maximum atomic E-state index is 13.4. The largest absolute Gasteiger partial charge is 0.337 e. The zero-order valence-corrected chi connectivity index (χ0v) is 20.4. The third kappa shape index (κ3) is 4.73. The van der Waals surface area contributed by atoms with Crippen LogP contribution in [0.5, 0.6) is 0 Å². The van der Waals surface area contributed by atoms with Crippen LogP contribution >= 0.6 is 15.9 Å². The minimum Gasteiger partial charge on any atom is -0.337 e. The first-order valence-corrected chi connectivity index (χ1v) is 12.6. The van der Waals surface area contributed by atoms with Gasteiger partial charge in [0.15, 0.2) is 0 Å². The predicted octanol–water partition coefficient (Wildman–Crippen LogP) is 4.20. The lowest BCUT2D eigenvalue weighted by atomic mass is 9.78. The van der Waals surface area contributed by atoms with Crippen molar-refractivity contribution < 1.29 is 18.8 Å². The molecule has 1 saturated carbocycles. The maximum Gasteiger partial charge on any atom is 0.325 e. The zero-order valence-electron chi connectivity index (χ0n) is 18.9. The lowest BCUT2D eigenvalue weighted by molar-refractivity contribution is -0.139. The molecule has 3 aliphatic rings. The van der Waals surface area contributed by atoms with E-state index in [2.05, 4.69) is 21.2 Å². The quantitative estimate of drug-likeness (QED) is 0.548. The Morgan fingerprint density at radius 2 is 1.91 bits per heavy atom. The number of benzene rings is 2. The number of halogens is 2. The van der Waals surface area contributed by atoms with Crippen LogP contribution in [0, 0.1) is 11.7 Å². The molecule has 178 valence electrons. The number of fused-ring (bicyclic) bond motifs is 1. The summed E-state index contributed by atoms with van der Waals surface area (Å²) >= 11 is 3.48. The predicted molar refractivity (Wildman–Crippen MR) is 128 cm³/mol. The van der Waals surface area contributed by atoms with Gasteiger partial charge >= 0.3 is 6.03 Å². The summed E-state index contributed by atoms with van der Waals surface area (Å²) in [5.74, 6) is -0.305. The average Bonchev–Trinajstić information content (AvgIpc) is 3.61. The Morgan fingerprint density at radius 1 is 1.15 bits per heavy atom. The van der Waals surface area contributed by atoms with E-state index in [0.717, 1.165) is 26.9 Å². The number of hydrogen-bond donors (Lipinski definition) is 1. The van der Waals surface area contributed by atoms with Crippen LogP contribution in [0.25, 0.3) is 0 Å². The van der Waals surface area contributed by atoms with Crippen molar-refractivity contribution in [3.05, 3.63) is 69.4 Å². The Balaban J connectivity index is 1.30. The molecule has 0 bridgehead atoms. The highest BCUT2D eigenvalue weighted by molar-refractivity contribution is 9.10. The minimum atomic E-state index is -0.999. The number of carbonyl (C=O) groups is 3. The zero-order chi connectivity index (χ0) is 23.9. The first-order valence-electron chi connectivity index (χ1n) is 11.8. The molecule has 5 rings (SSSR count). The molecule has 4 amide bonds. The fraction of sp³-hybridized carbons (Fsp3) is 0.423. The Bertz CT molecular complexity index is 1130. The lowest BCUT2D eigenvalue weighted by Gasteiger charge is -2.32. The van der Waals surface area contributed by atoms with Crippen molar-refractivity contribution >= 4 is 33.8 Å². The van der Waals surface area contributed by atoms with Crippen LogP contribution in [0.2, 0.25) is 0 Å². The van der Waals surface area contributed by atoms with Crippen molar-refractivity contribution in [2.45, 2.75) is 50.6 Å². The van der Waals surface area contributed by atoms with Crippen LogP contribution in [-0.2, 0) is 29.0 Å². The average molecular weight is 528 g/mol. The van der Waals surface area contributed by atoms with Crippen LogP contribution in [0.15, 0.2) is 46.9 Å². The number of hydrogen-bond acceptors (Lipinski definition) is 3. The topological polar surface area (TPSA) is 69.7 Å². The number of amides is 4. The molecule has 1 aliphatic heterocycles. The van der Waals surface area contributed by atoms with Gasteiger partial charge in [0.05, 0.1) is 0 Å². The van der Waals surface area contributed by atoms with E-state index in [4.69, 9.17) is 0 Å². The van der Waals surface area contributed by atoms with E-state index < -0.39 is 11.6 Å². The molecule has 0 radical (unpaired) electrons. The fourth-order valence-electron chi connectivity index (χ4n) is 4.96. The Labute approximate surface area is 206 Å². The number of urea groups is 1. The molecule has 0 aromatic heterocycles. The highest BCUT2D eigenvalue weighted by Gasteiger charge is 2.52. The van der Waals surface area contributed by atoms with Crippen molar-refractivity contribution in [3.63, 3.8) is 0 Å². The minimum absolute atomic E-state index is 0.274. The molecule has 2 aromatic carbocycles. The van der Waals surface area contributed by atoms with Gasteiger partial charge in [-0.3, -0.25) is 14.5 Å². The lowest BCUT2D eigenvalue weighted by Crippen LogP contribution is -2.51. The molecule has 1 heterocycles. The summed E-state index contributed by atoms with van der Waals surface area (Å²) < 4.78 is 14.2. The van der Waals surface area contributed by atoms with Crippen LogP contribution in [0.4, 0.5) is 9.18 Å². The van der Waals surface area contributed by atoms with E-state index in [0.29, 0.717) is 38.3 Å². The monoisotopic (exact) mass is 527 g/mol. The first-order chi connectivity index (χ1) is 16.3. The van der Waals surface area contributed by atoms with Crippen LogP contribution in [-0.4, -0.2) is 46.3 Å². The van der Waals surface area contributed by atoms with Gasteiger partial charge < -0.3 is 10.2 Å². The number of nitrogens with zero attached hydrogens (tertiary/aromatic N) is 2. The normalized spacial score (nSPS) is 21.5. The summed E-state index contributed by atoms with van der Waals surface area (Å²) in [6.45, 7) is 0.586. The maximum absolute atomic E-state index is 13.4. The third-order valence-electron chi connectivity index (χ3n) is 7.16. The molecule has 1 atom stereocenters. The molecule has 1 N–H and O–H groups in total. The van der Waals surface area contributed by atoms with Gasteiger partial charge in [0, 0.05) is 24.0 Å². The summed E-state index contributed by atoms with van der Waals surface area (Å²) in [4.78, 5) is 42.3. The molecular weight excluding hydrogens is 501 g/mol. The molecular formula is C26H27BrFN3O3. The summed E-state index contributed by atoms with van der Waals surface area (Å²) in [5.41, 5.74) is 2.02. The Morgan fingerprint density at radius 3 is 2.65 bits per heavy atom. The molecule has 2 aliphatic carbocycles. The highest BCUT2D eigenvalue weighted by atomic mass is 79.9. The van der Waals surface area contributed by atoms with Crippen LogP contribution < -0.4 is 5.32 Å². The highest BCUT2D eigenvalue weighted by Crippen LogP contribution is 2.35. The van der Waals surface area contributed by atoms with Gasteiger partial charge in [0.2, 0.25) is 5.91 Å². The number of aryl methyl sites for hydroxylation is 1. The number of carbonyl (C=O) groups excluding carboxylic acids is 3. The van der Waals surface area contributed by atoms with Crippen LogP contribution in [0.3, 0.4) is 0 Å². The first kappa shape index (κ1) is 23.0. The Hall–Kier alpha value is -2.74. The number of imide groups is 1. The second-order valence-electron chi connectivity index (χ2n) is 9.67. The van der Waals surface area contributed by atoms with E-state index in [-0.39, 0.29) is 24.2 Å². The molecule has 1 spiro atoms.